The summed E-state index contributed by atoms with van der Waals surface area (Å²) in [6, 6.07) is 10.2. The molecule has 0 aliphatic heterocycles. The number of aliphatic carboxylic acids is 1. The molecule has 1 atom stereocenters. The first-order chi connectivity index (χ1) is 15.5. The van der Waals surface area contributed by atoms with Gasteiger partial charge in [-0.15, -0.1) is 11.3 Å². The van der Waals surface area contributed by atoms with E-state index in [9.17, 15) is 14.7 Å². The maximum atomic E-state index is 13.0. The summed E-state index contributed by atoms with van der Waals surface area (Å²) < 4.78 is 2.33. The number of thiophene rings is 1. The first-order valence-corrected chi connectivity index (χ1v) is 12.7. The highest BCUT2D eigenvalue weighted by Gasteiger charge is 2.29. The van der Waals surface area contributed by atoms with Crippen LogP contribution in [0, 0.1) is 11.8 Å². The molecule has 1 N–H and O–H groups in total. The number of ketones is 1. The number of rotatable bonds is 11. The van der Waals surface area contributed by atoms with Gasteiger partial charge in [-0.25, -0.2) is 4.98 Å². The highest BCUT2D eigenvalue weighted by Crippen LogP contribution is 2.34. The van der Waals surface area contributed by atoms with E-state index in [-0.39, 0.29) is 12.2 Å². The summed E-state index contributed by atoms with van der Waals surface area (Å²) >= 11 is 1.73. The van der Waals surface area contributed by atoms with Crippen molar-refractivity contribution in [2.45, 2.75) is 71.3 Å². The first kappa shape index (κ1) is 22.7. The van der Waals surface area contributed by atoms with Crippen molar-refractivity contribution in [3.05, 3.63) is 52.0 Å². The molecule has 1 aliphatic carbocycles. The van der Waals surface area contributed by atoms with Crippen LogP contribution in [0.3, 0.4) is 0 Å². The van der Waals surface area contributed by atoms with Gasteiger partial charge in [-0.2, -0.15) is 0 Å². The molecule has 0 unspecified atom stereocenters. The van der Waals surface area contributed by atoms with Crippen LogP contribution in [0.15, 0.2) is 35.7 Å². The maximum Gasteiger partial charge on any atom is 0.306 e. The van der Waals surface area contributed by atoms with Gasteiger partial charge in [0, 0.05) is 29.3 Å². The summed E-state index contributed by atoms with van der Waals surface area (Å²) in [4.78, 5) is 30.9. The lowest BCUT2D eigenvalue weighted by Crippen LogP contribution is -2.24. The summed E-state index contributed by atoms with van der Waals surface area (Å²) in [7, 11) is 0. The fourth-order valence-corrected chi connectivity index (χ4v) is 5.52. The number of hydrogen-bond acceptors (Lipinski definition) is 4. The van der Waals surface area contributed by atoms with E-state index < -0.39 is 11.9 Å². The minimum absolute atomic E-state index is 0.0621. The molecule has 6 heteroatoms. The lowest BCUT2D eigenvalue weighted by atomic mass is 9.77. The topological polar surface area (TPSA) is 72.2 Å². The lowest BCUT2D eigenvalue weighted by Gasteiger charge is -2.27. The van der Waals surface area contributed by atoms with Gasteiger partial charge in [0.2, 0.25) is 0 Å². The van der Waals surface area contributed by atoms with Gasteiger partial charge in [0.1, 0.15) is 5.82 Å². The Morgan fingerprint density at radius 3 is 2.59 bits per heavy atom. The molecule has 1 saturated carbocycles. The molecule has 32 heavy (non-hydrogen) atoms. The molecule has 1 fully saturated rings. The van der Waals surface area contributed by atoms with Crippen LogP contribution in [0.25, 0.3) is 11.0 Å². The minimum Gasteiger partial charge on any atom is -0.481 e. The molecular formula is C26H32N2O3S. The Kier molecular flexibility index (Phi) is 7.09. The third-order valence-corrected chi connectivity index (χ3v) is 7.80. The SMILES string of the molecule is CCC(CC)n1c(Cc2cccs2)nc2cc(C(=O)C[C@@H](CC3CCC3)C(=O)O)ccc21. The normalized spacial score (nSPS) is 15.2. The molecule has 5 nitrogen and oxygen atoms in total. The number of benzene rings is 1. The van der Waals surface area contributed by atoms with Crippen LogP contribution in [-0.4, -0.2) is 26.4 Å². The van der Waals surface area contributed by atoms with Crippen molar-refractivity contribution < 1.29 is 14.7 Å². The van der Waals surface area contributed by atoms with Gasteiger partial charge in [0.15, 0.2) is 5.78 Å². The Bertz CT molecular complexity index is 1080. The molecule has 0 amide bonds. The summed E-state index contributed by atoms with van der Waals surface area (Å²) in [5.41, 5.74) is 2.43. The second-order valence-corrected chi connectivity index (χ2v) is 10.1. The van der Waals surface area contributed by atoms with Crippen LogP contribution in [0.1, 0.15) is 85.9 Å². The van der Waals surface area contributed by atoms with Crippen LogP contribution in [0.2, 0.25) is 0 Å². The molecule has 0 bridgehead atoms. The van der Waals surface area contributed by atoms with Crippen molar-refractivity contribution in [1.82, 2.24) is 9.55 Å². The largest absolute Gasteiger partial charge is 0.481 e. The molecule has 0 saturated heterocycles. The molecule has 4 rings (SSSR count). The van der Waals surface area contributed by atoms with E-state index in [1.54, 1.807) is 11.3 Å². The van der Waals surface area contributed by atoms with E-state index in [2.05, 4.69) is 35.9 Å². The van der Waals surface area contributed by atoms with Gasteiger partial charge in [-0.1, -0.05) is 39.2 Å². The number of hydrogen-bond donors (Lipinski definition) is 1. The van der Waals surface area contributed by atoms with Crippen LogP contribution in [0.5, 0.6) is 0 Å². The maximum absolute atomic E-state index is 13.0. The van der Waals surface area contributed by atoms with Gasteiger partial charge in [0.05, 0.1) is 17.0 Å². The number of carbonyl (C=O) groups is 2. The fourth-order valence-electron chi connectivity index (χ4n) is 4.82. The number of nitrogens with zero attached hydrogens (tertiary/aromatic N) is 2. The van der Waals surface area contributed by atoms with Crippen molar-refractivity contribution >= 4 is 34.1 Å². The molecule has 0 radical (unpaired) electrons. The highest BCUT2D eigenvalue weighted by molar-refractivity contribution is 7.09. The van der Waals surface area contributed by atoms with Crippen LogP contribution >= 0.6 is 11.3 Å². The molecule has 0 spiro atoms. The standard InChI is InChI=1S/C26H32N2O3S/c1-3-20(4-2)28-23-11-10-18(14-22(23)27-25(28)16-21-9-6-12-32-21)24(29)15-19(26(30)31)13-17-7-5-8-17/h6,9-12,14,17,19-20H,3-5,7-8,13,15-16H2,1-2H3,(H,30,31)/t19-/m1/s1. The van der Waals surface area contributed by atoms with Crippen LogP contribution < -0.4 is 0 Å². The zero-order valence-corrected chi connectivity index (χ0v) is 19.7. The zero-order chi connectivity index (χ0) is 22.7. The predicted octanol–water partition coefficient (Wildman–Crippen LogP) is 6.51. The first-order valence-electron chi connectivity index (χ1n) is 11.8. The van der Waals surface area contributed by atoms with Crippen LogP contribution in [0.4, 0.5) is 0 Å². The summed E-state index contributed by atoms with van der Waals surface area (Å²) in [6.07, 6.45) is 6.82. The third-order valence-electron chi connectivity index (χ3n) is 6.93. The second-order valence-electron chi connectivity index (χ2n) is 9.02. The predicted molar refractivity (Wildman–Crippen MR) is 129 cm³/mol. The van der Waals surface area contributed by atoms with Crippen LogP contribution in [-0.2, 0) is 11.2 Å². The Balaban J connectivity index is 1.62. The number of carbonyl (C=O) groups excluding carboxylic acids is 1. The number of imidazole rings is 1. The van der Waals surface area contributed by atoms with Gasteiger partial charge in [-0.05, 0) is 54.8 Å². The van der Waals surface area contributed by atoms with Crippen molar-refractivity contribution in [2.75, 3.05) is 0 Å². The van der Waals surface area contributed by atoms with Crippen molar-refractivity contribution in [3.8, 4) is 0 Å². The molecule has 3 aromatic rings. The van der Waals surface area contributed by atoms with E-state index >= 15 is 0 Å². The molecular weight excluding hydrogens is 420 g/mol. The van der Waals surface area contributed by atoms with Gasteiger partial charge in [0.25, 0.3) is 0 Å². The smallest absolute Gasteiger partial charge is 0.306 e. The van der Waals surface area contributed by atoms with Crippen molar-refractivity contribution in [3.63, 3.8) is 0 Å². The average Bonchev–Trinajstić information content (AvgIpc) is 3.38. The van der Waals surface area contributed by atoms with Crippen molar-refractivity contribution in [2.24, 2.45) is 11.8 Å². The molecule has 1 aliphatic rings. The second kappa shape index (κ2) is 9.99. The Hall–Kier alpha value is -2.47. The molecule has 170 valence electrons. The summed E-state index contributed by atoms with van der Waals surface area (Å²) in [5.74, 6) is -0.0749. The number of fused-ring (bicyclic) bond motifs is 1. The quantitative estimate of drug-likeness (QED) is 0.336. The molecule has 2 aromatic heterocycles. The molecule has 1 aromatic carbocycles. The monoisotopic (exact) mass is 452 g/mol. The lowest BCUT2D eigenvalue weighted by molar-refractivity contribution is -0.142. The number of Topliss-reactive ketones (excluding diaryl/α,β-unsaturated/α-hetero) is 1. The van der Waals surface area contributed by atoms with E-state index in [1.165, 1.54) is 11.3 Å². The molecule has 2 heterocycles. The third kappa shape index (κ3) is 4.80. The Labute approximate surface area is 193 Å². The van der Waals surface area contributed by atoms with E-state index in [4.69, 9.17) is 4.98 Å². The van der Waals surface area contributed by atoms with Crippen molar-refractivity contribution in [1.29, 1.82) is 0 Å². The summed E-state index contributed by atoms with van der Waals surface area (Å²) in [6.45, 7) is 4.39. The van der Waals surface area contributed by atoms with E-state index in [0.29, 0.717) is 23.9 Å². The Morgan fingerprint density at radius 1 is 1.22 bits per heavy atom. The van der Waals surface area contributed by atoms with Gasteiger partial charge in [-0.3, -0.25) is 9.59 Å². The fraction of sp³-hybridized carbons (Fsp3) is 0.500. The van der Waals surface area contributed by atoms with E-state index in [0.717, 1.165) is 49.0 Å². The number of carboxylic acid groups (broad SMARTS) is 1. The van der Waals surface area contributed by atoms with Gasteiger partial charge >= 0.3 is 5.97 Å². The highest BCUT2D eigenvalue weighted by atomic mass is 32.1. The van der Waals surface area contributed by atoms with E-state index in [1.807, 2.05) is 18.2 Å². The zero-order valence-electron chi connectivity index (χ0n) is 18.9. The average molecular weight is 453 g/mol. The van der Waals surface area contributed by atoms with Gasteiger partial charge < -0.3 is 9.67 Å². The minimum atomic E-state index is -0.859. The summed E-state index contributed by atoms with van der Waals surface area (Å²) in [5, 5.41) is 11.7. The number of aromatic nitrogens is 2. The number of carboxylic acids is 1. The Morgan fingerprint density at radius 2 is 2.00 bits per heavy atom.